The summed E-state index contributed by atoms with van der Waals surface area (Å²) in [7, 11) is 1.64. The Morgan fingerprint density at radius 3 is 2.37 bits per heavy atom. The zero-order chi connectivity index (χ0) is 21.7. The first-order valence-electron chi connectivity index (χ1n) is 10.4. The second-order valence-corrected chi connectivity index (χ2v) is 8.09. The number of amides is 2. The lowest BCUT2D eigenvalue weighted by molar-refractivity contribution is -0.121. The number of nitrogens with one attached hydrogen (secondary N) is 2. The first-order chi connectivity index (χ1) is 14.4. The molecule has 2 aromatic rings. The van der Waals surface area contributed by atoms with Crippen LogP contribution < -0.4 is 15.4 Å². The molecule has 0 atom stereocenters. The van der Waals surface area contributed by atoms with Gasteiger partial charge in [-0.3, -0.25) is 14.5 Å². The van der Waals surface area contributed by atoms with E-state index in [1.807, 2.05) is 51.1 Å². The molecule has 1 aliphatic rings. The van der Waals surface area contributed by atoms with Crippen LogP contribution in [0.2, 0.25) is 0 Å². The van der Waals surface area contributed by atoms with Crippen molar-refractivity contribution in [3.05, 3.63) is 53.1 Å². The molecule has 1 aliphatic heterocycles. The molecule has 2 N–H and O–H groups in total. The monoisotopic (exact) mass is 409 g/mol. The minimum absolute atomic E-state index is 0.0152. The molecule has 1 saturated heterocycles. The second kappa shape index (κ2) is 9.76. The number of benzene rings is 2. The highest BCUT2D eigenvalue weighted by Crippen LogP contribution is 2.24. The van der Waals surface area contributed by atoms with Gasteiger partial charge in [-0.1, -0.05) is 17.7 Å². The Balaban J connectivity index is 1.46. The van der Waals surface area contributed by atoms with Crippen molar-refractivity contribution in [1.82, 2.24) is 4.90 Å². The van der Waals surface area contributed by atoms with Crippen LogP contribution in [0.1, 0.15) is 29.5 Å². The van der Waals surface area contributed by atoms with E-state index in [1.165, 1.54) is 5.56 Å². The molecule has 3 rings (SSSR count). The molecule has 0 aromatic heterocycles. The lowest BCUT2D eigenvalue weighted by Gasteiger charge is -2.30. The molecule has 0 bridgehead atoms. The number of nitrogens with zero attached hydrogens (tertiary/aromatic N) is 1. The third kappa shape index (κ3) is 5.60. The summed E-state index contributed by atoms with van der Waals surface area (Å²) in [5.41, 5.74) is 4.87. The summed E-state index contributed by atoms with van der Waals surface area (Å²) in [4.78, 5) is 27.2. The van der Waals surface area contributed by atoms with Crippen LogP contribution in [0.25, 0.3) is 0 Å². The summed E-state index contributed by atoms with van der Waals surface area (Å²) in [6, 6.07) is 11.6. The van der Waals surface area contributed by atoms with Gasteiger partial charge >= 0.3 is 0 Å². The third-order valence-electron chi connectivity index (χ3n) is 5.64. The molecule has 0 saturated carbocycles. The van der Waals surface area contributed by atoms with Gasteiger partial charge < -0.3 is 15.4 Å². The molecule has 30 heavy (non-hydrogen) atoms. The summed E-state index contributed by atoms with van der Waals surface area (Å²) in [5, 5.41) is 6.01. The number of anilines is 2. The summed E-state index contributed by atoms with van der Waals surface area (Å²) >= 11 is 0. The van der Waals surface area contributed by atoms with Gasteiger partial charge in [-0.2, -0.15) is 0 Å². The zero-order valence-electron chi connectivity index (χ0n) is 18.2. The fourth-order valence-electron chi connectivity index (χ4n) is 3.90. The van der Waals surface area contributed by atoms with Crippen LogP contribution >= 0.6 is 0 Å². The van der Waals surface area contributed by atoms with Crippen molar-refractivity contribution >= 4 is 23.2 Å². The van der Waals surface area contributed by atoms with E-state index in [-0.39, 0.29) is 17.7 Å². The van der Waals surface area contributed by atoms with Gasteiger partial charge in [-0.15, -0.1) is 0 Å². The van der Waals surface area contributed by atoms with E-state index in [4.69, 9.17) is 4.74 Å². The quantitative estimate of drug-likeness (QED) is 0.759. The van der Waals surface area contributed by atoms with Crippen LogP contribution in [0.4, 0.5) is 11.4 Å². The van der Waals surface area contributed by atoms with Crippen molar-refractivity contribution in [3.8, 4) is 5.75 Å². The van der Waals surface area contributed by atoms with E-state index in [0.717, 1.165) is 54.2 Å². The standard InChI is InChI=1S/C24H31N3O3/c1-16-5-7-21(17(2)13-16)26-23(28)15-27-11-9-19(10-12-27)24(29)25-20-6-8-22(30-4)18(3)14-20/h5-8,13-14,19H,9-12,15H2,1-4H3,(H,25,29)(H,26,28). The molecular formula is C24H31N3O3. The van der Waals surface area contributed by atoms with Gasteiger partial charge in [0.2, 0.25) is 11.8 Å². The van der Waals surface area contributed by atoms with Crippen molar-refractivity contribution in [1.29, 1.82) is 0 Å². The summed E-state index contributed by atoms with van der Waals surface area (Å²) in [5.74, 6) is 0.795. The van der Waals surface area contributed by atoms with Crippen LogP contribution in [0, 0.1) is 26.7 Å². The Morgan fingerprint density at radius 2 is 1.73 bits per heavy atom. The molecular weight excluding hydrogens is 378 g/mol. The van der Waals surface area contributed by atoms with Gasteiger partial charge in [0.15, 0.2) is 0 Å². The van der Waals surface area contributed by atoms with Crippen molar-refractivity contribution < 1.29 is 14.3 Å². The molecule has 0 unspecified atom stereocenters. The van der Waals surface area contributed by atoms with Crippen LogP contribution in [0.15, 0.2) is 36.4 Å². The number of hydrogen-bond donors (Lipinski definition) is 2. The predicted octanol–water partition coefficient (Wildman–Crippen LogP) is 3.91. The molecule has 0 spiro atoms. The number of hydrogen-bond acceptors (Lipinski definition) is 4. The van der Waals surface area contributed by atoms with Gasteiger partial charge in [-0.25, -0.2) is 0 Å². The molecule has 6 nitrogen and oxygen atoms in total. The fraction of sp³-hybridized carbons (Fsp3) is 0.417. The summed E-state index contributed by atoms with van der Waals surface area (Å²) in [6.07, 6.45) is 1.50. The maximum atomic E-state index is 12.6. The highest BCUT2D eigenvalue weighted by atomic mass is 16.5. The molecule has 160 valence electrons. The fourth-order valence-corrected chi connectivity index (χ4v) is 3.90. The highest BCUT2D eigenvalue weighted by Gasteiger charge is 2.26. The van der Waals surface area contributed by atoms with Crippen LogP contribution in [0.5, 0.6) is 5.75 Å². The Hall–Kier alpha value is -2.86. The maximum Gasteiger partial charge on any atom is 0.238 e. The first-order valence-corrected chi connectivity index (χ1v) is 10.4. The SMILES string of the molecule is COc1ccc(NC(=O)C2CCN(CC(=O)Nc3ccc(C)cc3C)CC2)cc1C. The van der Waals surface area contributed by atoms with E-state index in [9.17, 15) is 9.59 Å². The third-order valence-corrected chi connectivity index (χ3v) is 5.64. The first kappa shape index (κ1) is 21.8. The van der Waals surface area contributed by atoms with Crippen molar-refractivity contribution in [2.75, 3.05) is 37.4 Å². The zero-order valence-corrected chi connectivity index (χ0v) is 18.2. The number of rotatable bonds is 6. The largest absolute Gasteiger partial charge is 0.496 e. The Morgan fingerprint density at radius 1 is 1.00 bits per heavy atom. The summed E-state index contributed by atoms with van der Waals surface area (Å²) < 4.78 is 5.26. The smallest absolute Gasteiger partial charge is 0.238 e. The molecule has 2 amide bonds. The molecule has 6 heteroatoms. The van der Waals surface area contributed by atoms with E-state index in [1.54, 1.807) is 7.11 Å². The number of likely N-dealkylation sites (tertiary alicyclic amines) is 1. The topological polar surface area (TPSA) is 70.7 Å². The van der Waals surface area contributed by atoms with Gasteiger partial charge in [0, 0.05) is 17.3 Å². The number of methoxy groups -OCH3 is 1. The summed E-state index contributed by atoms with van der Waals surface area (Å²) in [6.45, 7) is 7.81. The van der Waals surface area contributed by atoms with Crippen LogP contribution in [0.3, 0.4) is 0 Å². The average molecular weight is 410 g/mol. The van der Waals surface area contributed by atoms with Gasteiger partial charge in [-0.05, 0) is 82.1 Å². The number of carbonyl (C=O) groups excluding carboxylic acids is 2. The second-order valence-electron chi connectivity index (χ2n) is 8.09. The lowest BCUT2D eigenvalue weighted by atomic mass is 9.95. The molecule has 1 fully saturated rings. The molecule has 1 heterocycles. The van der Waals surface area contributed by atoms with E-state index in [0.29, 0.717) is 6.54 Å². The maximum absolute atomic E-state index is 12.6. The van der Waals surface area contributed by atoms with Crippen LogP contribution in [-0.4, -0.2) is 43.5 Å². The number of carbonyl (C=O) groups is 2. The Labute approximate surface area is 178 Å². The van der Waals surface area contributed by atoms with Gasteiger partial charge in [0.05, 0.1) is 13.7 Å². The number of aryl methyl sites for hydroxylation is 3. The van der Waals surface area contributed by atoms with Gasteiger partial charge in [0.1, 0.15) is 5.75 Å². The van der Waals surface area contributed by atoms with E-state index in [2.05, 4.69) is 21.6 Å². The minimum Gasteiger partial charge on any atom is -0.496 e. The molecule has 0 radical (unpaired) electrons. The number of ether oxygens (including phenoxy) is 1. The van der Waals surface area contributed by atoms with Crippen molar-refractivity contribution in [3.63, 3.8) is 0 Å². The highest BCUT2D eigenvalue weighted by molar-refractivity contribution is 5.94. The van der Waals surface area contributed by atoms with Crippen molar-refractivity contribution in [2.45, 2.75) is 33.6 Å². The van der Waals surface area contributed by atoms with Crippen LogP contribution in [-0.2, 0) is 9.59 Å². The van der Waals surface area contributed by atoms with Crippen molar-refractivity contribution in [2.24, 2.45) is 5.92 Å². The van der Waals surface area contributed by atoms with E-state index < -0.39 is 0 Å². The predicted molar refractivity (Wildman–Crippen MR) is 120 cm³/mol. The van der Waals surface area contributed by atoms with E-state index >= 15 is 0 Å². The average Bonchev–Trinajstić information content (AvgIpc) is 2.71. The molecule has 2 aromatic carbocycles. The normalized spacial score (nSPS) is 14.9. The molecule has 0 aliphatic carbocycles. The lowest BCUT2D eigenvalue weighted by Crippen LogP contribution is -2.41. The Kier molecular flexibility index (Phi) is 7.11. The van der Waals surface area contributed by atoms with Gasteiger partial charge in [0.25, 0.3) is 0 Å². The minimum atomic E-state index is -0.0361. The Bertz CT molecular complexity index is 918. The number of piperidine rings is 1.